The fraction of sp³-hybridized carbons (Fsp3) is 0.294. The predicted molar refractivity (Wildman–Crippen MR) is 73.4 cm³/mol. The Balaban J connectivity index is 1.62. The van der Waals surface area contributed by atoms with Crippen molar-refractivity contribution in [3.8, 4) is 0 Å². The smallest absolute Gasteiger partial charge is 0.0828 e. The van der Waals surface area contributed by atoms with Crippen LogP contribution >= 0.6 is 0 Å². The van der Waals surface area contributed by atoms with Crippen molar-refractivity contribution < 1.29 is 4.74 Å². The summed E-state index contributed by atoms with van der Waals surface area (Å²) in [6.07, 6.45) is 2.56. The van der Waals surface area contributed by atoms with Crippen LogP contribution in [0.1, 0.15) is 23.7 Å². The van der Waals surface area contributed by atoms with E-state index in [1.807, 2.05) is 0 Å². The zero-order valence-corrected chi connectivity index (χ0v) is 10.5. The monoisotopic (exact) mass is 238 g/mol. The van der Waals surface area contributed by atoms with E-state index in [1.54, 1.807) is 0 Å². The first kappa shape index (κ1) is 11.5. The van der Waals surface area contributed by atoms with Crippen LogP contribution in [0, 0.1) is 5.92 Å². The maximum Gasteiger partial charge on any atom is 0.0828 e. The third-order valence-electron chi connectivity index (χ3n) is 3.62. The van der Waals surface area contributed by atoms with Crippen LogP contribution in [-0.2, 0) is 11.2 Å². The van der Waals surface area contributed by atoms with Gasteiger partial charge in [-0.1, -0.05) is 60.7 Å². The molecule has 1 heterocycles. The standard InChI is InChI=1S/C17H18O/c1-3-7-14(8-4-1)11-15-12-17(18-13-15)16-9-5-2-6-10-16/h1-10,15,17H,11-13H2/t15?,17-/m1/s1. The molecule has 18 heavy (non-hydrogen) atoms. The summed E-state index contributed by atoms with van der Waals surface area (Å²) in [5, 5.41) is 0. The van der Waals surface area contributed by atoms with Gasteiger partial charge < -0.3 is 4.74 Å². The summed E-state index contributed by atoms with van der Waals surface area (Å²) in [6.45, 7) is 0.883. The third kappa shape index (κ3) is 2.62. The van der Waals surface area contributed by atoms with Gasteiger partial charge in [-0.05, 0) is 29.9 Å². The Morgan fingerprint density at radius 2 is 1.56 bits per heavy atom. The van der Waals surface area contributed by atoms with E-state index in [-0.39, 0.29) is 0 Å². The van der Waals surface area contributed by atoms with Gasteiger partial charge in [0.15, 0.2) is 0 Å². The lowest BCUT2D eigenvalue weighted by Crippen LogP contribution is -2.03. The van der Waals surface area contributed by atoms with Crippen LogP contribution in [0.2, 0.25) is 0 Å². The Morgan fingerprint density at radius 3 is 2.28 bits per heavy atom. The molecule has 0 bridgehead atoms. The molecule has 0 aromatic heterocycles. The van der Waals surface area contributed by atoms with Crippen molar-refractivity contribution in [3.63, 3.8) is 0 Å². The lowest BCUT2D eigenvalue weighted by atomic mass is 9.94. The highest BCUT2D eigenvalue weighted by Gasteiger charge is 2.26. The lowest BCUT2D eigenvalue weighted by molar-refractivity contribution is 0.107. The van der Waals surface area contributed by atoms with Gasteiger partial charge in [0.05, 0.1) is 12.7 Å². The maximum atomic E-state index is 5.92. The zero-order chi connectivity index (χ0) is 12.2. The van der Waals surface area contributed by atoms with E-state index >= 15 is 0 Å². The fourth-order valence-electron chi connectivity index (χ4n) is 2.68. The first-order chi connectivity index (χ1) is 8.92. The summed E-state index contributed by atoms with van der Waals surface area (Å²) in [6, 6.07) is 21.3. The zero-order valence-electron chi connectivity index (χ0n) is 10.5. The predicted octanol–water partition coefficient (Wildman–Crippen LogP) is 4.01. The number of benzene rings is 2. The van der Waals surface area contributed by atoms with Crippen LogP contribution in [0.4, 0.5) is 0 Å². The van der Waals surface area contributed by atoms with E-state index in [9.17, 15) is 0 Å². The Labute approximate surface area is 108 Å². The van der Waals surface area contributed by atoms with Crippen molar-refractivity contribution >= 4 is 0 Å². The Bertz CT molecular complexity index is 477. The topological polar surface area (TPSA) is 9.23 Å². The minimum absolute atomic E-state index is 0.292. The van der Waals surface area contributed by atoms with Gasteiger partial charge in [-0.2, -0.15) is 0 Å². The minimum Gasteiger partial charge on any atom is -0.373 e. The molecule has 0 spiro atoms. The highest BCUT2D eigenvalue weighted by molar-refractivity contribution is 5.19. The molecule has 3 rings (SSSR count). The van der Waals surface area contributed by atoms with E-state index in [2.05, 4.69) is 60.7 Å². The highest BCUT2D eigenvalue weighted by atomic mass is 16.5. The fourth-order valence-corrected chi connectivity index (χ4v) is 2.68. The van der Waals surface area contributed by atoms with Gasteiger partial charge >= 0.3 is 0 Å². The molecular formula is C17H18O. The number of ether oxygens (including phenoxy) is 1. The summed E-state index contributed by atoms with van der Waals surface area (Å²) in [4.78, 5) is 0. The van der Waals surface area contributed by atoms with Crippen molar-refractivity contribution in [1.29, 1.82) is 0 Å². The number of hydrogen-bond acceptors (Lipinski definition) is 1. The largest absolute Gasteiger partial charge is 0.373 e. The van der Waals surface area contributed by atoms with E-state index in [4.69, 9.17) is 4.74 Å². The first-order valence-electron chi connectivity index (χ1n) is 6.62. The first-order valence-corrected chi connectivity index (χ1v) is 6.62. The number of rotatable bonds is 3. The molecule has 1 fully saturated rings. The van der Waals surface area contributed by atoms with E-state index in [0.717, 1.165) is 19.4 Å². The highest BCUT2D eigenvalue weighted by Crippen LogP contribution is 2.33. The van der Waals surface area contributed by atoms with Gasteiger partial charge in [0.1, 0.15) is 0 Å². The molecule has 0 saturated carbocycles. The molecule has 0 amide bonds. The van der Waals surface area contributed by atoms with Crippen LogP contribution in [0.3, 0.4) is 0 Å². The summed E-state index contributed by atoms with van der Waals surface area (Å²) >= 11 is 0. The SMILES string of the molecule is c1ccc(CC2CO[C@@H](c3ccccc3)C2)cc1. The van der Waals surface area contributed by atoms with Crippen LogP contribution in [-0.4, -0.2) is 6.61 Å². The van der Waals surface area contributed by atoms with Gasteiger partial charge in [-0.3, -0.25) is 0 Å². The van der Waals surface area contributed by atoms with Gasteiger partial charge in [0, 0.05) is 0 Å². The molecule has 1 aliphatic rings. The van der Waals surface area contributed by atoms with Gasteiger partial charge in [-0.25, -0.2) is 0 Å². The quantitative estimate of drug-likeness (QED) is 0.785. The Kier molecular flexibility index (Phi) is 3.42. The Morgan fingerprint density at radius 1 is 0.889 bits per heavy atom. The summed E-state index contributed by atoms with van der Waals surface area (Å²) in [7, 11) is 0. The summed E-state index contributed by atoms with van der Waals surface area (Å²) in [5.74, 6) is 0.651. The van der Waals surface area contributed by atoms with Crippen molar-refractivity contribution in [2.75, 3.05) is 6.61 Å². The summed E-state index contributed by atoms with van der Waals surface area (Å²) < 4.78 is 5.92. The molecule has 1 aliphatic heterocycles. The van der Waals surface area contributed by atoms with Crippen LogP contribution < -0.4 is 0 Å². The van der Waals surface area contributed by atoms with Crippen molar-refractivity contribution in [3.05, 3.63) is 71.8 Å². The van der Waals surface area contributed by atoms with Crippen molar-refractivity contribution in [2.45, 2.75) is 18.9 Å². The summed E-state index contributed by atoms with van der Waals surface area (Å²) in [5.41, 5.74) is 2.73. The molecule has 0 aliphatic carbocycles. The molecule has 0 N–H and O–H groups in total. The molecule has 1 saturated heterocycles. The van der Waals surface area contributed by atoms with E-state index in [1.165, 1.54) is 11.1 Å². The molecule has 1 unspecified atom stereocenters. The van der Waals surface area contributed by atoms with Gasteiger partial charge in [-0.15, -0.1) is 0 Å². The molecule has 2 atom stereocenters. The molecule has 1 heteroatoms. The molecular weight excluding hydrogens is 220 g/mol. The van der Waals surface area contributed by atoms with Crippen LogP contribution in [0.15, 0.2) is 60.7 Å². The van der Waals surface area contributed by atoms with E-state index < -0.39 is 0 Å². The number of hydrogen-bond donors (Lipinski definition) is 0. The van der Waals surface area contributed by atoms with Crippen molar-refractivity contribution in [2.24, 2.45) is 5.92 Å². The lowest BCUT2D eigenvalue weighted by Gasteiger charge is -2.09. The van der Waals surface area contributed by atoms with Crippen LogP contribution in [0.5, 0.6) is 0 Å². The average molecular weight is 238 g/mol. The maximum absolute atomic E-state index is 5.92. The Hall–Kier alpha value is -1.60. The average Bonchev–Trinajstić information content (AvgIpc) is 2.89. The molecule has 2 aromatic rings. The second kappa shape index (κ2) is 5.36. The van der Waals surface area contributed by atoms with Crippen LogP contribution in [0.25, 0.3) is 0 Å². The molecule has 92 valence electrons. The van der Waals surface area contributed by atoms with Crippen molar-refractivity contribution in [1.82, 2.24) is 0 Å². The molecule has 1 nitrogen and oxygen atoms in total. The normalized spacial score (nSPS) is 23.1. The van der Waals surface area contributed by atoms with Gasteiger partial charge in [0.25, 0.3) is 0 Å². The van der Waals surface area contributed by atoms with Gasteiger partial charge in [0.2, 0.25) is 0 Å². The minimum atomic E-state index is 0.292. The third-order valence-corrected chi connectivity index (χ3v) is 3.62. The second-order valence-corrected chi connectivity index (χ2v) is 5.02. The second-order valence-electron chi connectivity index (χ2n) is 5.02. The molecule has 0 radical (unpaired) electrons. The van der Waals surface area contributed by atoms with E-state index in [0.29, 0.717) is 12.0 Å². The molecule has 2 aromatic carbocycles.